The highest BCUT2D eigenvalue weighted by molar-refractivity contribution is 5.79. The Bertz CT molecular complexity index is 425. The monoisotopic (exact) mass is 448 g/mol. The number of aliphatic carboxylic acids is 1. The van der Waals surface area contributed by atoms with Crippen molar-refractivity contribution in [1.29, 1.82) is 0 Å². The van der Waals surface area contributed by atoms with Gasteiger partial charge in [0, 0.05) is 6.08 Å². The Morgan fingerprint density at radius 3 is 1.06 bits per heavy atom. The Hall–Kier alpha value is -1.05. The van der Waals surface area contributed by atoms with Crippen molar-refractivity contribution in [2.45, 2.75) is 161 Å². The van der Waals surface area contributed by atoms with Crippen LogP contribution in [0.5, 0.6) is 0 Å². The number of rotatable bonds is 26. The molecule has 32 heavy (non-hydrogen) atoms. The lowest BCUT2D eigenvalue weighted by atomic mass is 10.0. The molecule has 0 radical (unpaired) electrons. The molecule has 2 heteroatoms. The molecule has 0 unspecified atom stereocenters. The molecule has 188 valence electrons. The van der Waals surface area contributed by atoms with Gasteiger partial charge in [0.1, 0.15) is 0 Å². The summed E-state index contributed by atoms with van der Waals surface area (Å²) in [4.78, 5) is 10.4. The smallest absolute Gasteiger partial charge is 0.327 e. The third-order valence-corrected chi connectivity index (χ3v) is 6.39. The molecule has 0 rings (SSSR count). The highest BCUT2D eigenvalue weighted by Crippen LogP contribution is 2.15. The second-order valence-corrected chi connectivity index (χ2v) is 9.65. The summed E-state index contributed by atoms with van der Waals surface area (Å²) in [5.74, 6) is -0.831. The van der Waals surface area contributed by atoms with E-state index in [0.717, 1.165) is 12.8 Å². The molecule has 2 nitrogen and oxygen atoms in total. The quantitative estimate of drug-likeness (QED) is 0.0811. The van der Waals surface area contributed by atoms with Crippen LogP contribution in [0.1, 0.15) is 161 Å². The van der Waals surface area contributed by atoms with Crippen LogP contribution in [0.15, 0.2) is 24.3 Å². The van der Waals surface area contributed by atoms with Crippen LogP contribution in [-0.4, -0.2) is 11.1 Å². The number of carboxylic acids is 1. The van der Waals surface area contributed by atoms with Gasteiger partial charge in [0.2, 0.25) is 0 Å². The van der Waals surface area contributed by atoms with Gasteiger partial charge in [0.25, 0.3) is 0 Å². The number of hydrogen-bond donors (Lipinski definition) is 1. The van der Waals surface area contributed by atoms with Crippen molar-refractivity contribution >= 4 is 5.97 Å². The molecular formula is C30H56O2. The number of carbonyl (C=O) groups is 1. The van der Waals surface area contributed by atoms with E-state index in [1.807, 2.05) is 0 Å². The average Bonchev–Trinajstić information content (AvgIpc) is 2.78. The van der Waals surface area contributed by atoms with E-state index < -0.39 is 5.97 Å². The SMILES string of the molecule is CCCCCCC=CCCCCCCCCCCCCCCCCCCCC=CC(=O)O. The van der Waals surface area contributed by atoms with Crippen LogP contribution in [0.4, 0.5) is 0 Å². The van der Waals surface area contributed by atoms with Gasteiger partial charge in [-0.2, -0.15) is 0 Å². The molecule has 0 atom stereocenters. The van der Waals surface area contributed by atoms with Crippen molar-refractivity contribution in [3.8, 4) is 0 Å². The Morgan fingerprint density at radius 1 is 0.469 bits per heavy atom. The maximum Gasteiger partial charge on any atom is 0.327 e. The first-order chi connectivity index (χ1) is 15.8. The second kappa shape index (κ2) is 28.0. The average molecular weight is 449 g/mol. The summed E-state index contributed by atoms with van der Waals surface area (Å²) in [5, 5.41) is 8.52. The lowest BCUT2D eigenvalue weighted by Crippen LogP contribution is -1.86. The molecule has 0 saturated carbocycles. The van der Waals surface area contributed by atoms with Crippen LogP contribution < -0.4 is 0 Å². The summed E-state index contributed by atoms with van der Waals surface area (Å²) in [7, 11) is 0. The summed E-state index contributed by atoms with van der Waals surface area (Å²) in [6.07, 6.45) is 40.3. The minimum absolute atomic E-state index is 0.831. The third kappa shape index (κ3) is 28.9. The van der Waals surface area contributed by atoms with Gasteiger partial charge in [0.15, 0.2) is 0 Å². The van der Waals surface area contributed by atoms with Gasteiger partial charge in [-0.15, -0.1) is 0 Å². The molecule has 0 heterocycles. The van der Waals surface area contributed by atoms with E-state index in [0.29, 0.717) is 0 Å². The van der Waals surface area contributed by atoms with Crippen molar-refractivity contribution in [1.82, 2.24) is 0 Å². The van der Waals surface area contributed by atoms with Crippen molar-refractivity contribution in [3.05, 3.63) is 24.3 Å². The minimum atomic E-state index is -0.831. The normalized spacial score (nSPS) is 11.8. The zero-order chi connectivity index (χ0) is 23.4. The summed E-state index contributed by atoms with van der Waals surface area (Å²) < 4.78 is 0. The van der Waals surface area contributed by atoms with Crippen LogP contribution >= 0.6 is 0 Å². The van der Waals surface area contributed by atoms with Crippen molar-refractivity contribution < 1.29 is 9.90 Å². The first-order valence-corrected chi connectivity index (χ1v) is 14.3. The summed E-state index contributed by atoms with van der Waals surface area (Å²) >= 11 is 0. The highest BCUT2D eigenvalue weighted by Gasteiger charge is 1.95. The van der Waals surface area contributed by atoms with Gasteiger partial charge in [-0.1, -0.05) is 141 Å². The minimum Gasteiger partial charge on any atom is -0.478 e. The molecule has 0 aliphatic heterocycles. The predicted octanol–water partition coefficient (Wildman–Crippen LogP) is 10.6. The van der Waals surface area contributed by atoms with Crippen molar-refractivity contribution in [3.63, 3.8) is 0 Å². The molecule has 0 aliphatic carbocycles. The number of hydrogen-bond acceptors (Lipinski definition) is 1. The number of unbranched alkanes of at least 4 members (excludes halogenated alkanes) is 22. The highest BCUT2D eigenvalue weighted by atomic mass is 16.4. The van der Waals surface area contributed by atoms with E-state index in [9.17, 15) is 4.79 Å². The summed E-state index contributed by atoms with van der Waals surface area (Å²) in [6, 6.07) is 0. The largest absolute Gasteiger partial charge is 0.478 e. The van der Waals surface area contributed by atoms with E-state index in [2.05, 4.69) is 19.1 Å². The first-order valence-electron chi connectivity index (χ1n) is 14.3. The van der Waals surface area contributed by atoms with Crippen molar-refractivity contribution in [2.24, 2.45) is 0 Å². The van der Waals surface area contributed by atoms with Crippen LogP contribution in [0.2, 0.25) is 0 Å². The Morgan fingerprint density at radius 2 is 0.750 bits per heavy atom. The van der Waals surface area contributed by atoms with E-state index >= 15 is 0 Å². The van der Waals surface area contributed by atoms with Crippen LogP contribution in [0.25, 0.3) is 0 Å². The lowest BCUT2D eigenvalue weighted by molar-refractivity contribution is -0.131. The molecule has 0 bridgehead atoms. The van der Waals surface area contributed by atoms with E-state index in [1.165, 1.54) is 147 Å². The molecule has 0 fully saturated rings. The van der Waals surface area contributed by atoms with Crippen LogP contribution in [0, 0.1) is 0 Å². The summed E-state index contributed by atoms with van der Waals surface area (Å²) in [6.45, 7) is 2.28. The Labute approximate surface area is 201 Å². The van der Waals surface area contributed by atoms with Gasteiger partial charge in [-0.3, -0.25) is 0 Å². The molecule has 0 aromatic heterocycles. The topological polar surface area (TPSA) is 37.3 Å². The van der Waals surface area contributed by atoms with E-state index in [-0.39, 0.29) is 0 Å². The Balaban J connectivity index is 3.08. The first kappa shape index (κ1) is 30.9. The van der Waals surface area contributed by atoms with Crippen LogP contribution in [-0.2, 0) is 4.79 Å². The van der Waals surface area contributed by atoms with E-state index in [4.69, 9.17) is 5.11 Å². The molecule has 0 saturated heterocycles. The van der Waals surface area contributed by atoms with E-state index in [1.54, 1.807) is 6.08 Å². The standard InChI is InChI=1S/C30H56O2/c1-2-3-4-5-6-7-8-9-10-11-12-13-14-15-16-17-18-19-20-21-22-23-24-25-26-27-28-29-30(31)32/h7-8,28-29H,2-6,9-27H2,1H3,(H,31,32). The molecule has 0 spiro atoms. The van der Waals surface area contributed by atoms with Crippen LogP contribution in [0.3, 0.4) is 0 Å². The third-order valence-electron chi connectivity index (χ3n) is 6.39. The maximum absolute atomic E-state index is 10.4. The predicted molar refractivity (Wildman–Crippen MR) is 142 cm³/mol. The molecular weight excluding hydrogens is 392 g/mol. The van der Waals surface area contributed by atoms with Gasteiger partial charge in [-0.05, 0) is 38.5 Å². The molecule has 0 aliphatic rings. The second-order valence-electron chi connectivity index (χ2n) is 9.65. The van der Waals surface area contributed by atoms with Gasteiger partial charge < -0.3 is 5.11 Å². The number of allylic oxidation sites excluding steroid dienone is 3. The summed E-state index contributed by atoms with van der Waals surface area (Å²) in [5.41, 5.74) is 0. The number of carboxylic acid groups (broad SMARTS) is 1. The zero-order valence-electron chi connectivity index (χ0n) is 21.6. The molecule has 0 aromatic rings. The fourth-order valence-corrected chi connectivity index (χ4v) is 4.28. The fourth-order valence-electron chi connectivity index (χ4n) is 4.28. The lowest BCUT2D eigenvalue weighted by Gasteiger charge is -2.03. The Kier molecular flexibility index (Phi) is 27.1. The van der Waals surface area contributed by atoms with Gasteiger partial charge in [-0.25, -0.2) is 4.79 Å². The van der Waals surface area contributed by atoms with Gasteiger partial charge >= 0.3 is 5.97 Å². The van der Waals surface area contributed by atoms with Gasteiger partial charge in [0.05, 0.1) is 0 Å². The molecule has 0 amide bonds. The zero-order valence-corrected chi connectivity index (χ0v) is 21.6. The molecule has 0 aromatic carbocycles. The maximum atomic E-state index is 10.4. The molecule has 1 N–H and O–H groups in total. The van der Waals surface area contributed by atoms with Crippen molar-refractivity contribution in [2.75, 3.05) is 0 Å². The fraction of sp³-hybridized carbons (Fsp3) is 0.833.